The molecule has 0 aliphatic carbocycles. The van der Waals surface area contributed by atoms with Crippen molar-refractivity contribution in [1.82, 2.24) is 0 Å². The summed E-state index contributed by atoms with van der Waals surface area (Å²) in [5.41, 5.74) is 0.965. The summed E-state index contributed by atoms with van der Waals surface area (Å²) in [5.74, 6) is -0.647. The number of anilines is 1. The smallest absolute Gasteiger partial charge is 0.282 e. The number of nitrogens with zero attached hydrogens (tertiary/aromatic N) is 1. The highest BCUT2D eigenvalue weighted by Crippen LogP contribution is 2.31. The molecule has 1 atom stereocenters. The summed E-state index contributed by atoms with van der Waals surface area (Å²) in [6.45, 7) is 0. The molecule has 0 radical (unpaired) electrons. The summed E-state index contributed by atoms with van der Waals surface area (Å²) in [6.07, 6.45) is -1.02. The van der Waals surface area contributed by atoms with Crippen molar-refractivity contribution >= 4 is 28.9 Å². The average molecular weight is 383 g/mol. The number of nitro benzene ring substituents is 1. The first-order chi connectivity index (χ1) is 13.0. The van der Waals surface area contributed by atoms with Gasteiger partial charge in [0.2, 0.25) is 0 Å². The number of hydrogen-bond acceptors (Lipinski definition) is 4. The molecule has 0 aliphatic rings. The lowest BCUT2D eigenvalue weighted by molar-refractivity contribution is -0.385. The van der Waals surface area contributed by atoms with Gasteiger partial charge in [-0.05, 0) is 29.8 Å². The fourth-order valence-corrected chi connectivity index (χ4v) is 2.88. The third kappa shape index (κ3) is 4.13. The molecule has 2 N–H and O–H groups in total. The number of aliphatic hydroxyl groups excluding tert-OH is 1. The van der Waals surface area contributed by atoms with Crippen molar-refractivity contribution < 1.29 is 14.8 Å². The summed E-state index contributed by atoms with van der Waals surface area (Å²) in [7, 11) is 0. The number of carbonyl (C=O) groups excluding carboxylic acids is 1. The van der Waals surface area contributed by atoms with Gasteiger partial charge in [-0.2, -0.15) is 0 Å². The quantitative estimate of drug-likeness (QED) is 0.499. The minimum atomic E-state index is -1.02. The number of hydrogen-bond donors (Lipinski definition) is 2. The molecule has 0 spiro atoms. The van der Waals surface area contributed by atoms with Gasteiger partial charge in [0.25, 0.3) is 11.6 Å². The van der Waals surface area contributed by atoms with Crippen LogP contribution in [0.25, 0.3) is 0 Å². The van der Waals surface area contributed by atoms with Crippen LogP contribution in [0, 0.1) is 10.1 Å². The van der Waals surface area contributed by atoms with Crippen molar-refractivity contribution in [3.63, 3.8) is 0 Å². The molecule has 0 aliphatic heterocycles. The molecule has 27 heavy (non-hydrogen) atoms. The van der Waals surface area contributed by atoms with E-state index in [4.69, 9.17) is 11.6 Å². The van der Waals surface area contributed by atoms with E-state index in [1.54, 1.807) is 48.5 Å². The number of nitro groups is 1. The summed E-state index contributed by atoms with van der Waals surface area (Å²) < 4.78 is 0. The molecule has 3 aromatic carbocycles. The summed E-state index contributed by atoms with van der Waals surface area (Å²) in [4.78, 5) is 23.1. The second-order valence-corrected chi connectivity index (χ2v) is 6.21. The molecule has 0 saturated carbocycles. The first-order valence-electron chi connectivity index (χ1n) is 8.04. The Bertz CT molecular complexity index is 992. The average Bonchev–Trinajstić information content (AvgIpc) is 2.69. The molecule has 1 amide bonds. The number of benzene rings is 3. The number of amides is 1. The predicted octanol–water partition coefficient (Wildman–Crippen LogP) is 4.58. The zero-order valence-corrected chi connectivity index (χ0v) is 14.8. The Morgan fingerprint density at radius 1 is 1.04 bits per heavy atom. The van der Waals surface area contributed by atoms with Crippen molar-refractivity contribution in [2.24, 2.45) is 0 Å². The summed E-state index contributed by atoms with van der Waals surface area (Å²) >= 11 is 6.06. The lowest BCUT2D eigenvalue weighted by Crippen LogP contribution is -2.16. The molecular formula is C20H15ClN2O4. The molecule has 0 bridgehead atoms. The largest absolute Gasteiger partial charge is 0.384 e. The van der Waals surface area contributed by atoms with E-state index in [1.165, 1.54) is 18.2 Å². The van der Waals surface area contributed by atoms with Gasteiger partial charge in [-0.15, -0.1) is 0 Å². The van der Waals surface area contributed by atoms with Crippen LogP contribution < -0.4 is 5.32 Å². The number of aliphatic hydroxyl groups is 1. The third-order valence-electron chi connectivity index (χ3n) is 4.02. The van der Waals surface area contributed by atoms with Gasteiger partial charge in [0.15, 0.2) is 0 Å². The monoisotopic (exact) mass is 382 g/mol. The maximum atomic E-state index is 12.6. The van der Waals surface area contributed by atoms with E-state index in [1.807, 2.05) is 6.07 Å². The topological polar surface area (TPSA) is 92.5 Å². The molecule has 3 aromatic rings. The van der Waals surface area contributed by atoms with Crippen LogP contribution in [0.5, 0.6) is 0 Å². The van der Waals surface area contributed by atoms with Crippen LogP contribution in [0.3, 0.4) is 0 Å². The van der Waals surface area contributed by atoms with Gasteiger partial charge in [0.05, 0.1) is 4.92 Å². The van der Waals surface area contributed by atoms with E-state index in [9.17, 15) is 20.0 Å². The normalized spacial score (nSPS) is 11.6. The molecule has 0 saturated heterocycles. The first kappa shape index (κ1) is 18.6. The Hall–Kier alpha value is -3.22. The van der Waals surface area contributed by atoms with Crippen LogP contribution in [-0.4, -0.2) is 15.9 Å². The predicted molar refractivity (Wildman–Crippen MR) is 103 cm³/mol. The van der Waals surface area contributed by atoms with Crippen molar-refractivity contribution in [3.8, 4) is 0 Å². The Balaban J connectivity index is 1.96. The highest BCUT2D eigenvalue weighted by molar-refractivity contribution is 6.30. The van der Waals surface area contributed by atoms with Gasteiger partial charge in [-0.1, -0.05) is 54.1 Å². The van der Waals surface area contributed by atoms with Gasteiger partial charge in [0, 0.05) is 22.3 Å². The van der Waals surface area contributed by atoms with E-state index in [2.05, 4.69) is 5.32 Å². The van der Waals surface area contributed by atoms with Crippen LogP contribution in [-0.2, 0) is 0 Å². The van der Waals surface area contributed by atoms with Crippen molar-refractivity contribution in [2.75, 3.05) is 5.32 Å². The van der Waals surface area contributed by atoms with Gasteiger partial charge in [0.1, 0.15) is 11.7 Å². The van der Waals surface area contributed by atoms with Gasteiger partial charge in [-0.3, -0.25) is 14.9 Å². The Labute approximate surface area is 160 Å². The van der Waals surface area contributed by atoms with E-state index in [-0.39, 0.29) is 11.3 Å². The van der Waals surface area contributed by atoms with E-state index < -0.39 is 16.9 Å². The zero-order valence-electron chi connectivity index (χ0n) is 14.0. The fourth-order valence-electron chi connectivity index (χ4n) is 2.70. The number of rotatable bonds is 5. The minimum Gasteiger partial charge on any atom is -0.384 e. The van der Waals surface area contributed by atoms with Crippen LogP contribution in [0.1, 0.15) is 27.6 Å². The molecule has 3 rings (SSSR count). The van der Waals surface area contributed by atoms with Gasteiger partial charge >= 0.3 is 0 Å². The van der Waals surface area contributed by atoms with Gasteiger partial charge < -0.3 is 10.4 Å². The van der Waals surface area contributed by atoms with Crippen LogP contribution >= 0.6 is 11.6 Å². The Kier molecular flexibility index (Phi) is 5.49. The lowest BCUT2D eigenvalue weighted by atomic mass is 9.99. The zero-order chi connectivity index (χ0) is 19.4. The van der Waals surface area contributed by atoms with Crippen molar-refractivity contribution in [2.45, 2.75) is 6.10 Å². The van der Waals surface area contributed by atoms with Crippen molar-refractivity contribution in [1.29, 1.82) is 0 Å². The second-order valence-electron chi connectivity index (χ2n) is 5.77. The van der Waals surface area contributed by atoms with Crippen LogP contribution in [0.15, 0.2) is 72.8 Å². The molecular weight excluding hydrogens is 368 g/mol. The number of halogens is 1. The fraction of sp³-hybridized carbons (Fsp3) is 0.0500. The molecule has 136 valence electrons. The molecule has 0 aromatic heterocycles. The lowest BCUT2D eigenvalue weighted by Gasteiger charge is -2.17. The minimum absolute atomic E-state index is 0.0717. The summed E-state index contributed by atoms with van der Waals surface area (Å²) in [6, 6.07) is 19.2. The molecule has 0 heterocycles. The maximum absolute atomic E-state index is 12.6. The van der Waals surface area contributed by atoms with Crippen LogP contribution in [0.2, 0.25) is 5.02 Å². The SMILES string of the molecule is O=C(Nc1ccc(Cl)cc1C(O)c1ccccc1)c1ccccc1[N+](=O)[O-]. The Morgan fingerprint density at radius 2 is 1.70 bits per heavy atom. The van der Waals surface area contributed by atoms with Crippen molar-refractivity contribution in [3.05, 3.63) is 105 Å². The van der Waals surface area contributed by atoms with Crippen LogP contribution in [0.4, 0.5) is 11.4 Å². The number of carbonyl (C=O) groups is 1. The molecule has 6 nitrogen and oxygen atoms in total. The standard InChI is InChI=1S/C20H15ClN2O4/c21-14-10-11-17(16(12-14)19(24)13-6-2-1-3-7-13)22-20(25)15-8-4-5-9-18(15)23(26)27/h1-12,19,24H,(H,22,25). The van der Waals surface area contributed by atoms with Gasteiger partial charge in [-0.25, -0.2) is 0 Å². The molecule has 1 unspecified atom stereocenters. The van der Waals surface area contributed by atoms with E-state index in [0.29, 0.717) is 21.8 Å². The second kappa shape index (κ2) is 7.99. The first-order valence-corrected chi connectivity index (χ1v) is 8.42. The molecule has 0 fully saturated rings. The number of para-hydroxylation sites is 1. The summed E-state index contributed by atoms with van der Waals surface area (Å²) in [5, 5.41) is 24.9. The highest BCUT2D eigenvalue weighted by Gasteiger charge is 2.22. The third-order valence-corrected chi connectivity index (χ3v) is 4.25. The van der Waals surface area contributed by atoms with E-state index in [0.717, 1.165) is 0 Å². The number of nitrogens with one attached hydrogen (secondary N) is 1. The Morgan fingerprint density at radius 3 is 2.41 bits per heavy atom. The maximum Gasteiger partial charge on any atom is 0.282 e. The van der Waals surface area contributed by atoms with E-state index >= 15 is 0 Å². The molecule has 7 heteroatoms. The highest BCUT2D eigenvalue weighted by atomic mass is 35.5.